The first-order chi connectivity index (χ1) is 11.2. The van der Waals surface area contributed by atoms with Gasteiger partial charge in [0.25, 0.3) is 5.91 Å². The molecule has 5 nitrogen and oxygen atoms in total. The first kappa shape index (κ1) is 17.2. The zero-order valence-corrected chi connectivity index (χ0v) is 13.8. The van der Waals surface area contributed by atoms with E-state index in [4.69, 9.17) is 16.9 Å². The van der Waals surface area contributed by atoms with Crippen molar-refractivity contribution in [1.29, 1.82) is 5.26 Å². The maximum atomic E-state index is 11.7. The Labute approximate surface area is 141 Å². The maximum Gasteiger partial charge on any atom is 0.263 e. The largest absolute Gasteiger partial charge is 0.372 e. The maximum absolute atomic E-state index is 11.7. The highest BCUT2D eigenvalue weighted by Gasteiger charge is 2.10. The third kappa shape index (κ3) is 5.19. The van der Waals surface area contributed by atoms with Crippen LogP contribution in [0.4, 0.5) is 11.4 Å². The highest BCUT2D eigenvalue weighted by atomic mass is 35.5. The van der Waals surface area contributed by atoms with E-state index < -0.39 is 5.91 Å². The Morgan fingerprint density at radius 1 is 1.26 bits per heavy atom. The van der Waals surface area contributed by atoms with E-state index in [1.807, 2.05) is 18.2 Å². The van der Waals surface area contributed by atoms with Gasteiger partial charge in [0.1, 0.15) is 11.6 Å². The predicted molar refractivity (Wildman–Crippen MR) is 93.6 cm³/mol. The summed E-state index contributed by atoms with van der Waals surface area (Å²) in [6.45, 7) is 2.54. The Kier molecular flexibility index (Phi) is 6.76. The van der Waals surface area contributed by atoms with Crippen molar-refractivity contribution >= 4 is 28.9 Å². The summed E-state index contributed by atoms with van der Waals surface area (Å²) in [5, 5.41) is 14.6. The van der Waals surface area contributed by atoms with Crippen LogP contribution in [0.5, 0.6) is 0 Å². The van der Waals surface area contributed by atoms with Gasteiger partial charge < -0.3 is 15.5 Å². The minimum absolute atomic E-state index is 0.0234. The molecule has 1 aromatic rings. The molecule has 23 heavy (non-hydrogen) atoms. The fourth-order valence-corrected chi connectivity index (χ4v) is 2.58. The molecule has 0 saturated carbocycles. The van der Waals surface area contributed by atoms with Crippen molar-refractivity contribution in [2.24, 2.45) is 0 Å². The van der Waals surface area contributed by atoms with Crippen LogP contribution in [0.3, 0.4) is 0 Å². The Morgan fingerprint density at radius 2 is 1.96 bits per heavy atom. The fraction of sp³-hybridized carbons (Fsp3) is 0.412. The molecule has 1 aliphatic heterocycles. The third-order valence-electron chi connectivity index (χ3n) is 3.72. The number of anilines is 2. The fourth-order valence-electron chi connectivity index (χ4n) is 2.48. The number of carbonyl (C=O) groups is 1. The number of carbonyl (C=O) groups excluding carboxylic acids is 1. The molecule has 122 valence electrons. The van der Waals surface area contributed by atoms with Crippen molar-refractivity contribution in [2.45, 2.75) is 19.3 Å². The van der Waals surface area contributed by atoms with Crippen molar-refractivity contribution in [3.05, 3.63) is 36.0 Å². The van der Waals surface area contributed by atoms with Crippen LogP contribution in [0.15, 0.2) is 36.0 Å². The normalized spacial score (nSPS) is 15.0. The number of alkyl halides is 1. The van der Waals surface area contributed by atoms with Crippen LogP contribution in [-0.2, 0) is 4.79 Å². The van der Waals surface area contributed by atoms with Crippen molar-refractivity contribution < 1.29 is 4.79 Å². The average molecular weight is 333 g/mol. The van der Waals surface area contributed by atoms with Crippen molar-refractivity contribution in [2.75, 3.05) is 35.7 Å². The number of piperidine rings is 1. The molecule has 0 radical (unpaired) electrons. The van der Waals surface area contributed by atoms with Gasteiger partial charge in [-0.15, -0.1) is 11.6 Å². The minimum atomic E-state index is -0.425. The minimum Gasteiger partial charge on any atom is -0.372 e. The number of benzene rings is 1. The van der Waals surface area contributed by atoms with Gasteiger partial charge in [0.05, 0.1) is 0 Å². The molecule has 1 heterocycles. The summed E-state index contributed by atoms with van der Waals surface area (Å²) in [6, 6.07) is 9.89. The number of hydrogen-bond acceptors (Lipinski definition) is 4. The van der Waals surface area contributed by atoms with E-state index in [1.165, 1.54) is 31.1 Å². The summed E-state index contributed by atoms with van der Waals surface area (Å²) < 4.78 is 0. The average Bonchev–Trinajstić information content (AvgIpc) is 2.61. The number of halogens is 1. The smallest absolute Gasteiger partial charge is 0.263 e. The molecule has 0 aliphatic carbocycles. The lowest BCUT2D eigenvalue weighted by Gasteiger charge is -2.28. The van der Waals surface area contributed by atoms with Gasteiger partial charge in [0, 0.05) is 43.1 Å². The molecular weight excluding hydrogens is 312 g/mol. The van der Waals surface area contributed by atoms with Crippen LogP contribution < -0.4 is 15.5 Å². The lowest BCUT2D eigenvalue weighted by Crippen LogP contribution is -2.29. The number of nitrogens with zero attached hydrogens (tertiary/aromatic N) is 2. The van der Waals surface area contributed by atoms with Crippen LogP contribution in [0.1, 0.15) is 19.3 Å². The molecule has 1 fully saturated rings. The number of nitrogens with one attached hydrogen (secondary N) is 2. The van der Waals surface area contributed by atoms with E-state index >= 15 is 0 Å². The van der Waals surface area contributed by atoms with E-state index in [0.717, 1.165) is 18.8 Å². The molecule has 1 amide bonds. The molecule has 2 rings (SSSR count). The van der Waals surface area contributed by atoms with Crippen molar-refractivity contribution in [3.63, 3.8) is 0 Å². The summed E-state index contributed by atoms with van der Waals surface area (Å²) in [6.07, 6.45) is 5.21. The molecule has 1 aliphatic rings. The molecular formula is C17H21ClN4O. The van der Waals surface area contributed by atoms with E-state index in [1.54, 1.807) is 0 Å². The summed E-state index contributed by atoms with van der Waals surface area (Å²) in [7, 11) is 0. The van der Waals surface area contributed by atoms with Crippen LogP contribution in [-0.4, -0.2) is 31.4 Å². The molecule has 0 unspecified atom stereocenters. The molecule has 0 spiro atoms. The number of nitriles is 1. The van der Waals surface area contributed by atoms with Crippen molar-refractivity contribution in [1.82, 2.24) is 5.32 Å². The quantitative estimate of drug-likeness (QED) is 0.477. The summed E-state index contributed by atoms with van der Waals surface area (Å²) >= 11 is 5.51. The Morgan fingerprint density at radius 3 is 2.57 bits per heavy atom. The summed E-state index contributed by atoms with van der Waals surface area (Å²) in [4.78, 5) is 14.1. The van der Waals surface area contributed by atoms with E-state index in [2.05, 4.69) is 27.7 Å². The van der Waals surface area contributed by atoms with Gasteiger partial charge >= 0.3 is 0 Å². The second kappa shape index (κ2) is 9.06. The molecule has 2 N–H and O–H groups in total. The van der Waals surface area contributed by atoms with Gasteiger partial charge in [0.15, 0.2) is 0 Å². The van der Waals surface area contributed by atoms with Gasteiger partial charge in [-0.25, -0.2) is 0 Å². The lowest BCUT2D eigenvalue weighted by atomic mass is 10.1. The first-order valence-electron chi connectivity index (χ1n) is 7.80. The number of hydrogen-bond donors (Lipinski definition) is 2. The molecule has 1 aromatic carbocycles. The lowest BCUT2D eigenvalue weighted by molar-refractivity contribution is -0.117. The Hall–Kier alpha value is -2.19. The van der Waals surface area contributed by atoms with Gasteiger partial charge in [-0.2, -0.15) is 5.26 Å². The van der Waals surface area contributed by atoms with E-state index in [9.17, 15) is 4.79 Å². The van der Waals surface area contributed by atoms with Gasteiger partial charge in [-0.05, 0) is 43.5 Å². The Balaban J connectivity index is 1.95. The van der Waals surface area contributed by atoms with Gasteiger partial charge in [-0.3, -0.25) is 4.79 Å². The zero-order chi connectivity index (χ0) is 16.5. The highest BCUT2D eigenvalue weighted by Crippen LogP contribution is 2.21. The molecule has 6 heteroatoms. The molecule has 0 aromatic heterocycles. The van der Waals surface area contributed by atoms with Crippen LogP contribution in [0.25, 0.3) is 0 Å². The first-order valence-corrected chi connectivity index (χ1v) is 8.34. The zero-order valence-electron chi connectivity index (χ0n) is 13.0. The SMILES string of the molecule is N#C/C(=C/Nc1ccc(N2CCCCC2)cc1)C(=O)NCCCl. The third-order valence-corrected chi connectivity index (χ3v) is 3.91. The highest BCUT2D eigenvalue weighted by molar-refractivity contribution is 6.18. The second-order valence-electron chi connectivity index (χ2n) is 5.35. The van der Waals surface area contributed by atoms with Crippen LogP contribution >= 0.6 is 11.6 Å². The summed E-state index contributed by atoms with van der Waals surface area (Å²) in [5.41, 5.74) is 2.07. The molecule has 0 atom stereocenters. The van der Waals surface area contributed by atoms with E-state index in [-0.39, 0.29) is 5.57 Å². The standard InChI is InChI=1S/C17H21ClN4O/c18-8-9-20-17(23)14(12-19)13-21-15-4-6-16(7-5-15)22-10-2-1-3-11-22/h4-7,13,21H,1-3,8-11H2,(H,20,23)/b14-13-. The van der Waals surface area contributed by atoms with Gasteiger partial charge in [-0.1, -0.05) is 0 Å². The van der Waals surface area contributed by atoms with Gasteiger partial charge in [0.2, 0.25) is 0 Å². The van der Waals surface area contributed by atoms with Crippen LogP contribution in [0, 0.1) is 11.3 Å². The van der Waals surface area contributed by atoms with E-state index in [0.29, 0.717) is 12.4 Å². The van der Waals surface area contributed by atoms with Crippen molar-refractivity contribution in [3.8, 4) is 6.07 Å². The number of rotatable bonds is 6. The summed E-state index contributed by atoms with van der Waals surface area (Å²) in [5.74, 6) is -0.110. The molecule has 1 saturated heterocycles. The number of amides is 1. The van der Waals surface area contributed by atoms with Crippen LogP contribution in [0.2, 0.25) is 0 Å². The monoisotopic (exact) mass is 332 g/mol. The topological polar surface area (TPSA) is 68.2 Å². The Bertz CT molecular complexity index is 586. The second-order valence-corrected chi connectivity index (χ2v) is 5.73. The molecule has 0 bridgehead atoms. The predicted octanol–water partition coefficient (Wildman–Crippen LogP) is 2.85.